The van der Waals surface area contributed by atoms with Crippen molar-refractivity contribution in [2.75, 3.05) is 36.3 Å². The quantitative estimate of drug-likeness (QED) is 0.238. The molecule has 0 atom stereocenters. The molecule has 0 saturated carbocycles. The topological polar surface area (TPSA) is 106 Å². The van der Waals surface area contributed by atoms with Crippen molar-refractivity contribution in [1.29, 1.82) is 0 Å². The number of rotatable bonds is 8. The smallest absolute Gasteiger partial charge is 0.323 e. The molecule has 2 aromatic carbocycles. The Morgan fingerprint density at radius 1 is 1.03 bits per heavy atom. The summed E-state index contributed by atoms with van der Waals surface area (Å²) >= 11 is 6.24. The second-order valence-corrected chi connectivity index (χ2v) is 8.81. The minimum Gasteiger partial charge on any atom is -0.495 e. The Kier molecular flexibility index (Phi) is 7.46. The molecule has 5 rings (SSSR count). The fourth-order valence-corrected chi connectivity index (χ4v) is 4.45. The van der Waals surface area contributed by atoms with Crippen molar-refractivity contribution >= 4 is 46.2 Å². The lowest BCUT2D eigenvalue weighted by Crippen LogP contribution is -2.20. The lowest BCUT2D eigenvalue weighted by molar-refractivity contribution is 0.262. The normalized spacial score (nSPS) is 10.8. The maximum Gasteiger partial charge on any atom is 0.323 e. The monoisotopic (exact) mass is 543 g/mol. The van der Waals surface area contributed by atoms with Gasteiger partial charge in [0, 0.05) is 60.5 Å². The second kappa shape index (κ2) is 11.3. The molecular weight excluding hydrogens is 518 g/mol. The number of pyridine rings is 1. The highest BCUT2D eigenvalue weighted by Crippen LogP contribution is 2.36. The van der Waals surface area contributed by atoms with Gasteiger partial charge in [0.15, 0.2) is 11.5 Å². The van der Waals surface area contributed by atoms with E-state index < -0.39 is 6.03 Å². The highest BCUT2D eigenvalue weighted by atomic mass is 35.5. The third kappa shape index (κ3) is 5.41. The van der Waals surface area contributed by atoms with Crippen molar-refractivity contribution in [3.8, 4) is 22.8 Å². The van der Waals surface area contributed by atoms with E-state index in [9.17, 15) is 4.79 Å². The van der Waals surface area contributed by atoms with Crippen LogP contribution in [0.3, 0.4) is 0 Å². The number of anilines is 4. The van der Waals surface area contributed by atoms with Crippen molar-refractivity contribution in [2.24, 2.45) is 0 Å². The molecule has 0 aliphatic carbocycles. The molecule has 0 fully saturated rings. The van der Waals surface area contributed by atoms with Crippen LogP contribution in [-0.4, -0.2) is 46.1 Å². The van der Waals surface area contributed by atoms with Crippen LogP contribution in [0.1, 0.15) is 6.92 Å². The van der Waals surface area contributed by atoms with Crippen LogP contribution in [0, 0.1) is 0 Å². The van der Waals surface area contributed by atoms with Crippen LogP contribution in [-0.2, 0) is 0 Å². The Labute approximate surface area is 230 Å². The molecule has 11 heteroatoms. The van der Waals surface area contributed by atoms with Crippen LogP contribution in [0.15, 0.2) is 79.5 Å². The Balaban J connectivity index is 1.43. The maximum absolute atomic E-state index is 12.9. The van der Waals surface area contributed by atoms with E-state index in [2.05, 4.69) is 32.4 Å². The summed E-state index contributed by atoms with van der Waals surface area (Å²) in [5.74, 6) is 1.57. The predicted molar refractivity (Wildman–Crippen MR) is 153 cm³/mol. The summed E-state index contributed by atoms with van der Waals surface area (Å²) in [6.07, 6.45) is 9.04. The number of carbonyl (C=O) groups is 1. The van der Waals surface area contributed by atoms with Gasteiger partial charge < -0.3 is 29.4 Å². The van der Waals surface area contributed by atoms with Gasteiger partial charge in [0.1, 0.15) is 11.5 Å². The zero-order valence-corrected chi connectivity index (χ0v) is 22.3. The molecule has 0 aliphatic rings. The molecule has 0 radical (unpaired) electrons. The maximum atomic E-state index is 12.9. The average molecular weight is 544 g/mol. The number of imidazole rings is 1. The van der Waals surface area contributed by atoms with Crippen molar-refractivity contribution in [3.63, 3.8) is 0 Å². The minimum atomic E-state index is -0.458. The van der Waals surface area contributed by atoms with Gasteiger partial charge in [-0.1, -0.05) is 23.7 Å². The van der Waals surface area contributed by atoms with E-state index in [1.165, 1.54) is 14.2 Å². The molecule has 0 aliphatic heterocycles. The van der Waals surface area contributed by atoms with Gasteiger partial charge in [0.05, 0.1) is 30.6 Å². The van der Waals surface area contributed by atoms with Gasteiger partial charge in [-0.25, -0.2) is 14.8 Å². The summed E-state index contributed by atoms with van der Waals surface area (Å²) < 4.78 is 12.5. The molecular formula is C28H26ClN7O3. The number of hydrogen-bond acceptors (Lipinski definition) is 7. The Bertz CT molecular complexity index is 1620. The van der Waals surface area contributed by atoms with Crippen LogP contribution in [0.4, 0.5) is 27.7 Å². The van der Waals surface area contributed by atoms with Gasteiger partial charge in [-0.15, -0.1) is 0 Å². The number of amides is 2. The Morgan fingerprint density at radius 3 is 2.56 bits per heavy atom. The van der Waals surface area contributed by atoms with Crippen molar-refractivity contribution in [3.05, 3.63) is 84.5 Å². The number of carbonyl (C=O) groups excluding carboxylic acids is 1. The first-order chi connectivity index (χ1) is 19.0. The fourth-order valence-electron chi connectivity index (χ4n) is 4.21. The van der Waals surface area contributed by atoms with Crippen molar-refractivity contribution in [2.45, 2.75) is 6.92 Å². The van der Waals surface area contributed by atoms with Crippen molar-refractivity contribution in [1.82, 2.24) is 19.4 Å². The fraction of sp³-hybridized carbons (Fsp3) is 0.143. The van der Waals surface area contributed by atoms with Gasteiger partial charge in [0.2, 0.25) is 0 Å². The SMILES string of the molecule is CCN(c1ccncc1)c1nc(-c2cccc(NC(=O)Nc3cc(Cl)c(OC)cc3OC)c2)cn2ccnc12. The third-order valence-electron chi connectivity index (χ3n) is 6.04. The largest absolute Gasteiger partial charge is 0.495 e. The molecule has 198 valence electrons. The standard InChI is InChI=1S/C28H26ClN7O3/c1-4-36(20-8-10-30-11-9-20)27-26-31-12-13-35(26)17-23(33-27)18-6-5-7-19(14-18)32-28(37)34-22-15-21(29)24(38-2)16-25(22)39-3/h5-17H,4H2,1-3H3,(H2,32,34,37). The third-order valence-corrected chi connectivity index (χ3v) is 6.34. The second-order valence-electron chi connectivity index (χ2n) is 8.40. The van der Waals surface area contributed by atoms with Gasteiger partial charge in [-0.05, 0) is 37.3 Å². The number of urea groups is 1. The molecule has 2 amide bonds. The molecule has 0 unspecified atom stereocenters. The van der Waals surface area contributed by atoms with Crippen LogP contribution in [0.2, 0.25) is 5.02 Å². The molecule has 3 heterocycles. The lowest BCUT2D eigenvalue weighted by Gasteiger charge is -2.23. The molecule has 3 aromatic heterocycles. The van der Waals surface area contributed by atoms with E-state index in [0.29, 0.717) is 40.3 Å². The Morgan fingerprint density at radius 2 is 1.82 bits per heavy atom. The number of hydrogen-bond donors (Lipinski definition) is 2. The van der Waals surface area contributed by atoms with Gasteiger partial charge in [-0.2, -0.15) is 0 Å². The van der Waals surface area contributed by atoms with Crippen LogP contribution < -0.4 is 25.0 Å². The molecule has 5 aromatic rings. The van der Waals surface area contributed by atoms with E-state index >= 15 is 0 Å². The summed E-state index contributed by atoms with van der Waals surface area (Å²) in [5, 5.41) is 5.99. The number of ether oxygens (including phenoxy) is 2. The van der Waals surface area contributed by atoms with Crippen molar-refractivity contribution < 1.29 is 14.3 Å². The molecule has 0 saturated heterocycles. The van der Waals surface area contributed by atoms with Crippen LogP contribution in [0.25, 0.3) is 16.9 Å². The first kappa shape index (κ1) is 25.8. The van der Waals surface area contributed by atoms with Crippen LogP contribution in [0.5, 0.6) is 11.5 Å². The molecule has 2 N–H and O–H groups in total. The number of aromatic nitrogens is 4. The van der Waals surface area contributed by atoms with E-state index in [0.717, 1.165) is 22.6 Å². The van der Waals surface area contributed by atoms with E-state index in [4.69, 9.17) is 26.1 Å². The molecule has 10 nitrogen and oxygen atoms in total. The zero-order valence-electron chi connectivity index (χ0n) is 21.6. The molecule has 0 bridgehead atoms. The first-order valence-electron chi connectivity index (χ1n) is 12.1. The average Bonchev–Trinajstić information content (AvgIpc) is 3.43. The first-order valence-corrected chi connectivity index (χ1v) is 12.5. The summed E-state index contributed by atoms with van der Waals surface area (Å²) in [6.45, 7) is 2.74. The van der Waals surface area contributed by atoms with E-state index in [-0.39, 0.29) is 0 Å². The van der Waals surface area contributed by atoms with Gasteiger partial charge in [0.25, 0.3) is 0 Å². The summed E-state index contributed by atoms with van der Waals surface area (Å²) in [6, 6.07) is 14.0. The Hall–Kier alpha value is -4.83. The number of fused-ring (bicyclic) bond motifs is 1. The number of nitrogens with zero attached hydrogens (tertiary/aromatic N) is 5. The highest BCUT2D eigenvalue weighted by Gasteiger charge is 2.17. The molecule has 0 spiro atoms. The predicted octanol–water partition coefficient (Wildman–Crippen LogP) is 6.26. The minimum absolute atomic E-state index is 0.347. The van der Waals surface area contributed by atoms with E-state index in [1.54, 1.807) is 36.8 Å². The number of methoxy groups -OCH3 is 2. The van der Waals surface area contributed by atoms with Gasteiger partial charge in [-0.3, -0.25) is 4.98 Å². The van der Waals surface area contributed by atoms with Gasteiger partial charge >= 0.3 is 6.03 Å². The number of benzene rings is 2. The number of nitrogens with one attached hydrogen (secondary N) is 2. The number of halogens is 1. The lowest BCUT2D eigenvalue weighted by atomic mass is 10.1. The summed E-state index contributed by atoms with van der Waals surface area (Å²) in [5.41, 5.74) is 4.22. The van der Waals surface area contributed by atoms with Crippen LogP contribution >= 0.6 is 11.6 Å². The highest BCUT2D eigenvalue weighted by molar-refractivity contribution is 6.32. The van der Waals surface area contributed by atoms with E-state index in [1.807, 2.05) is 47.1 Å². The summed E-state index contributed by atoms with van der Waals surface area (Å²) in [4.78, 5) is 28.6. The molecule has 39 heavy (non-hydrogen) atoms. The zero-order chi connectivity index (χ0) is 27.4. The summed E-state index contributed by atoms with van der Waals surface area (Å²) in [7, 11) is 3.01.